The Morgan fingerprint density at radius 1 is 1.15 bits per heavy atom. The molecule has 1 aromatic carbocycles. The molecule has 0 fully saturated rings. The molecule has 20 heavy (non-hydrogen) atoms. The van der Waals surface area contributed by atoms with Crippen molar-refractivity contribution in [1.82, 2.24) is 15.0 Å². The lowest BCUT2D eigenvalue weighted by molar-refractivity contribution is 0.619. The monoisotopic (exact) mass is 277 g/mol. The molecule has 0 aliphatic heterocycles. The van der Waals surface area contributed by atoms with Gasteiger partial charge in [-0.25, -0.2) is 10.2 Å². The summed E-state index contributed by atoms with van der Waals surface area (Å²) < 4.78 is 13.5. The number of anilines is 4. The summed E-state index contributed by atoms with van der Waals surface area (Å²) in [6, 6.07) is 4.75. The lowest BCUT2D eigenvalue weighted by Gasteiger charge is -2.14. The van der Waals surface area contributed by atoms with Gasteiger partial charge in [0.15, 0.2) is 0 Å². The van der Waals surface area contributed by atoms with Gasteiger partial charge < -0.3 is 10.2 Å². The van der Waals surface area contributed by atoms with E-state index < -0.39 is 0 Å². The smallest absolute Gasteiger partial charge is 0.243 e. The van der Waals surface area contributed by atoms with E-state index >= 15 is 0 Å². The van der Waals surface area contributed by atoms with Crippen molar-refractivity contribution in [3.8, 4) is 0 Å². The average molecular weight is 277 g/mol. The van der Waals surface area contributed by atoms with Gasteiger partial charge in [-0.1, -0.05) is 6.07 Å². The molecule has 2 aromatic rings. The number of nitrogen functional groups attached to an aromatic ring is 1. The number of nitrogens with one attached hydrogen (secondary N) is 2. The zero-order valence-electron chi connectivity index (χ0n) is 11.5. The Morgan fingerprint density at radius 3 is 2.50 bits per heavy atom. The first kappa shape index (κ1) is 13.9. The summed E-state index contributed by atoms with van der Waals surface area (Å²) in [5, 5.41) is 2.96. The number of aromatic nitrogens is 3. The van der Waals surface area contributed by atoms with Gasteiger partial charge in [0.25, 0.3) is 0 Å². The highest BCUT2D eigenvalue weighted by Gasteiger charge is 2.09. The lowest BCUT2D eigenvalue weighted by Crippen LogP contribution is -2.18. The predicted octanol–water partition coefficient (Wildman–Crippen LogP) is 1.41. The molecule has 1 aromatic heterocycles. The van der Waals surface area contributed by atoms with E-state index in [2.05, 4.69) is 25.7 Å². The third kappa shape index (κ3) is 2.91. The summed E-state index contributed by atoms with van der Waals surface area (Å²) in [5.74, 6) is 5.97. The van der Waals surface area contributed by atoms with Crippen LogP contribution in [0, 0.1) is 12.7 Å². The molecular weight excluding hydrogens is 261 g/mol. The van der Waals surface area contributed by atoms with Crippen LogP contribution in [0.5, 0.6) is 0 Å². The van der Waals surface area contributed by atoms with E-state index in [1.54, 1.807) is 38.1 Å². The number of hydrazine groups is 1. The van der Waals surface area contributed by atoms with Crippen LogP contribution in [0.15, 0.2) is 18.2 Å². The molecule has 1 heterocycles. The second-order valence-corrected chi connectivity index (χ2v) is 4.36. The number of nitrogens with zero attached hydrogens (tertiary/aromatic N) is 4. The summed E-state index contributed by atoms with van der Waals surface area (Å²) in [4.78, 5) is 14.1. The van der Waals surface area contributed by atoms with Crippen molar-refractivity contribution < 1.29 is 4.39 Å². The zero-order chi connectivity index (χ0) is 14.7. The Morgan fingerprint density at radius 2 is 1.85 bits per heavy atom. The molecule has 0 atom stereocenters. The van der Waals surface area contributed by atoms with Gasteiger partial charge >= 0.3 is 0 Å². The van der Waals surface area contributed by atoms with Crippen LogP contribution in [0.4, 0.5) is 27.9 Å². The Labute approximate surface area is 116 Å². The minimum atomic E-state index is -0.297. The Kier molecular flexibility index (Phi) is 3.94. The van der Waals surface area contributed by atoms with Gasteiger partial charge in [0.05, 0.1) is 0 Å². The van der Waals surface area contributed by atoms with Crippen molar-refractivity contribution in [2.24, 2.45) is 5.84 Å². The molecule has 106 valence electrons. The molecule has 0 radical (unpaired) electrons. The number of halogens is 1. The van der Waals surface area contributed by atoms with Crippen molar-refractivity contribution in [3.05, 3.63) is 29.6 Å². The summed E-state index contributed by atoms with van der Waals surface area (Å²) in [5.41, 5.74) is 3.45. The van der Waals surface area contributed by atoms with E-state index in [0.29, 0.717) is 17.2 Å². The number of benzene rings is 1. The first-order chi connectivity index (χ1) is 9.51. The van der Waals surface area contributed by atoms with Gasteiger partial charge in [-0.3, -0.25) is 5.43 Å². The first-order valence-electron chi connectivity index (χ1n) is 5.93. The molecule has 4 N–H and O–H groups in total. The van der Waals surface area contributed by atoms with Crippen LogP contribution in [0.3, 0.4) is 0 Å². The summed E-state index contributed by atoms with van der Waals surface area (Å²) >= 11 is 0. The normalized spacial score (nSPS) is 10.2. The number of hydrogen-bond donors (Lipinski definition) is 3. The van der Waals surface area contributed by atoms with Gasteiger partial charge in [0.2, 0.25) is 17.8 Å². The van der Waals surface area contributed by atoms with Crippen LogP contribution >= 0.6 is 0 Å². The van der Waals surface area contributed by atoms with Gasteiger partial charge in [-0.15, -0.1) is 0 Å². The summed E-state index contributed by atoms with van der Waals surface area (Å²) in [7, 11) is 3.60. The molecule has 0 unspecified atom stereocenters. The molecule has 8 heteroatoms. The average Bonchev–Trinajstić information content (AvgIpc) is 2.43. The number of nitrogens with two attached hydrogens (primary N) is 1. The summed E-state index contributed by atoms with van der Waals surface area (Å²) in [6.45, 7) is 1.67. The van der Waals surface area contributed by atoms with Gasteiger partial charge in [0, 0.05) is 25.3 Å². The predicted molar refractivity (Wildman–Crippen MR) is 76.4 cm³/mol. The minimum absolute atomic E-state index is 0.222. The maximum atomic E-state index is 13.5. The second kappa shape index (κ2) is 5.66. The molecule has 0 amide bonds. The van der Waals surface area contributed by atoms with Crippen molar-refractivity contribution in [1.29, 1.82) is 0 Å². The quantitative estimate of drug-likeness (QED) is 0.575. The fourth-order valence-electron chi connectivity index (χ4n) is 1.55. The van der Waals surface area contributed by atoms with Crippen LogP contribution < -0.4 is 21.5 Å². The third-order valence-electron chi connectivity index (χ3n) is 2.67. The zero-order valence-corrected chi connectivity index (χ0v) is 11.5. The maximum absolute atomic E-state index is 13.5. The molecule has 2 rings (SSSR count). The molecule has 0 bridgehead atoms. The van der Waals surface area contributed by atoms with Crippen LogP contribution in [-0.2, 0) is 0 Å². The lowest BCUT2D eigenvalue weighted by atomic mass is 10.2. The van der Waals surface area contributed by atoms with Gasteiger partial charge in [-0.2, -0.15) is 15.0 Å². The molecule has 0 saturated heterocycles. The van der Waals surface area contributed by atoms with Crippen molar-refractivity contribution >= 4 is 23.5 Å². The van der Waals surface area contributed by atoms with Crippen molar-refractivity contribution in [2.75, 3.05) is 29.7 Å². The highest BCUT2D eigenvalue weighted by atomic mass is 19.1. The van der Waals surface area contributed by atoms with Crippen LogP contribution in [-0.4, -0.2) is 29.0 Å². The standard InChI is InChI=1S/C12H16FN7/c1-7-8(13)5-4-6-9(7)15-10-16-11(19-14)18-12(17-10)20(2)3/h4-6H,14H2,1-3H3,(H2,15,16,17,18,19). The highest BCUT2D eigenvalue weighted by Crippen LogP contribution is 2.21. The molecule has 0 saturated carbocycles. The van der Waals surface area contributed by atoms with E-state index in [1.165, 1.54) is 6.07 Å². The van der Waals surface area contributed by atoms with E-state index in [4.69, 9.17) is 5.84 Å². The van der Waals surface area contributed by atoms with Crippen LogP contribution in [0.1, 0.15) is 5.56 Å². The minimum Gasteiger partial charge on any atom is -0.347 e. The topological polar surface area (TPSA) is 92.0 Å². The Hall–Kier alpha value is -2.48. The molecule has 0 spiro atoms. The van der Waals surface area contributed by atoms with E-state index in [-0.39, 0.29) is 17.7 Å². The highest BCUT2D eigenvalue weighted by molar-refractivity contribution is 5.59. The number of rotatable bonds is 4. The van der Waals surface area contributed by atoms with E-state index in [0.717, 1.165) is 0 Å². The van der Waals surface area contributed by atoms with E-state index in [9.17, 15) is 4.39 Å². The van der Waals surface area contributed by atoms with Crippen LogP contribution in [0.2, 0.25) is 0 Å². The Balaban J connectivity index is 2.37. The van der Waals surface area contributed by atoms with Gasteiger partial charge in [-0.05, 0) is 19.1 Å². The van der Waals surface area contributed by atoms with Crippen LogP contribution in [0.25, 0.3) is 0 Å². The van der Waals surface area contributed by atoms with Crippen molar-refractivity contribution in [3.63, 3.8) is 0 Å². The fourth-order valence-corrected chi connectivity index (χ4v) is 1.55. The third-order valence-corrected chi connectivity index (χ3v) is 2.67. The molecule has 0 aliphatic carbocycles. The fraction of sp³-hybridized carbons (Fsp3) is 0.250. The summed E-state index contributed by atoms with van der Waals surface area (Å²) in [6.07, 6.45) is 0. The molecule has 0 aliphatic rings. The molecule has 7 nitrogen and oxygen atoms in total. The molecular formula is C12H16FN7. The number of hydrogen-bond acceptors (Lipinski definition) is 7. The first-order valence-corrected chi connectivity index (χ1v) is 5.93. The van der Waals surface area contributed by atoms with E-state index in [1.807, 2.05) is 0 Å². The maximum Gasteiger partial charge on any atom is 0.243 e. The van der Waals surface area contributed by atoms with Gasteiger partial charge in [0.1, 0.15) is 5.82 Å². The Bertz CT molecular complexity index is 615. The largest absolute Gasteiger partial charge is 0.347 e. The second-order valence-electron chi connectivity index (χ2n) is 4.36. The van der Waals surface area contributed by atoms with Crippen molar-refractivity contribution in [2.45, 2.75) is 6.92 Å². The SMILES string of the molecule is Cc1c(F)cccc1Nc1nc(NN)nc(N(C)C)n1.